The molecule has 0 aromatic rings. The summed E-state index contributed by atoms with van der Waals surface area (Å²) in [5, 5.41) is 3.37. The van der Waals surface area contributed by atoms with Gasteiger partial charge in [0.2, 0.25) is 0 Å². The largest absolute Gasteiger partial charge is 0.317 e. The first-order chi connectivity index (χ1) is 8.24. The first-order valence-electron chi connectivity index (χ1n) is 6.67. The number of alkyl halides is 2. The molecule has 2 aliphatic rings. The summed E-state index contributed by atoms with van der Waals surface area (Å²) in [4.78, 5) is 4.32. The zero-order valence-corrected chi connectivity index (χ0v) is 11.6. The Morgan fingerprint density at radius 3 is 2.11 bits per heavy atom. The van der Waals surface area contributed by atoms with Gasteiger partial charge in [0.15, 0.2) is 0 Å². The lowest BCUT2D eigenvalue weighted by Gasteiger charge is -2.37. The molecule has 0 radical (unpaired) electrons. The van der Waals surface area contributed by atoms with Gasteiger partial charge in [-0.05, 0) is 31.8 Å². The summed E-state index contributed by atoms with van der Waals surface area (Å²) in [6, 6.07) is 0. The standard InChI is InChI=1S/C12H23F2N3.ClH/c13-12(14)10-17-7-5-16(6-8-17)9-11-1-3-15-4-2-11;/h11-12,15H,1-10H2;1H. The SMILES string of the molecule is Cl.FC(F)CN1CCN(CC2CCNCC2)CC1. The summed E-state index contributed by atoms with van der Waals surface area (Å²) in [5.41, 5.74) is 0. The number of nitrogens with one attached hydrogen (secondary N) is 1. The molecule has 6 heteroatoms. The van der Waals surface area contributed by atoms with Crippen molar-refractivity contribution < 1.29 is 8.78 Å². The van der Waals surface area contributed by atoms with Crippen molar-refractivity contribution in [2.24, 2.45) is 5.92 Å². The van der Waals surface area contributed by atoms with Crippen molar-refractivity contribution >= 4 is 12.4 Å². The topological polar surface area (TPSA) is 18.5 Å². The molecule has 0 aromatic carbocycles. The first-order valence-corrected chi connectivity index (χ1v) is 6.67. The highest BCUT2D eigenvalue weighted by molar-refractivity contribution is 5.85. The van der Waals surface area contributed by atoms with Crippen LogP contribution in [0.3, 0.4) is 0 Å². The molecule has 0 saturated carbocycles. The fourth-order valence-corrected chi connectivity index (χ4v) is 2.78. The minimum absolute atomic E-state index is 0. The number of halogens is 3. The minimum Gasteiger partial charge on any atom is -0.317 e. The van der Waals surface area contributed by atoms with Crippen LogP contribution in [0.5, 0.6) is 0 Å². The van der Waals surface area contributed by atoms with Gasteiger partial charge in [0.25, 0.3) is 6.43 Å². The second-order valence-electron chi connectivity index (χ2n) is 5.19. The Balaban J connectivity index is 0.00000162. The molecule has 2 rings (SSSR count). The normalized spacial score (nSPS) is 24.2. The highest BCUT2D eigenvalue weighted by Gasteiger charge is 2.22. The number of rotatable bonds is 4. The fourth-order valence-electron chi connectivity index (χ4n) is 2.78. The number of hydrogen-bond donors (Lipinski definition) is 1. The van der Waals surface area contributed by atoms with E-state index < -0.39 is 6.43 Å². The molecule has 0 aromatic heterocycles. The minimum atomic E-state index is -2.19. The maximum absolute atomic E-state index is 12.2. The molecule has 3 nitrogen and oxygen atoms in total. The van der Waals surface area contributed by atoms with Gasteiger partial charge in [0.1, 0.15) is 0 Å². The predicted molar refractivity (Wildman–Crippen MR) is 71.7 cm³/mol. The van der Waals surface area contributed by atoms with Crippen molar-refractivity contribution in [3.05, 3.63) is 0 Å². The van der Waals surface area contributed by atoms with Crippen molar-refractivity contribution in [2.45, 2.75) is 19.3 Å². The maximum atomic E-state index is 12.2. The molecule has 2 saturated heterocycles. The fraction of sp³-hybridized carbons (Fsp3) is 1.00. The van der Waals surface area contributed by atoms with Crippen LogP contribution in [-0.2, 0) is 0 Å². The Morgan fingerprint density at radius 2 is 1.56 bits per heavy atom. The zero-order valence-electron chi connectivity index (χ0n) is 10.8. The Bertz CT molecular complexity index is 217. The van der Waals surface area contributed by atoms with Crippen molar-refractivity contribution in [1.29, 1.82) is 0 Å². The smallest absolute Gasteiger partial charge is 0.251 e. The van der Waals surface area contributed by atoms with Crippen molar-refractivity contribution in [2.75, 3.05) is 52.4 Å². The molecule has 1 N–H and O–H groups in total. The summed E-state index contributed by atoms with van der Waals surface area (Å²) >= 11 is 0. The first kappa shape index (κ1) is 16.1. The van der Waals surface area contributed by atoms with E-state index in [-0.39, 0.29) is 19.0 Å². The Kier molecular flexibility index (Phi) is 7.37. The molecule has 108 valence electrons. The average Bonchev–Trinajstić information content (AvgIpc) is 2.32. The van der Waals surface area contributed by atoms with E-state index in [1.165, 1.54) is 12.8 Å². The van der Waals surface area contributed by atoms with Gasteiger partial charge in [-0.2, -0.15) is 0 Å². The van der Waals surface area contributed by atoms with Gasteiger partial charge in [-0.1, -0.05) is 0 Å². The summed E-state index contributed by atoms with van der Waals surface area (Å²) < 4.78 is 24.5. The Morgan fingerprint density at radius 1 is 1.00 bits per heavy atom. The highest BCUT2D eigenvalue weighted by Crippen LogP contribution is 2.15. The number of piperidine rings is 1. The molecule has 0 bridgehead atoms. The second kappa shape index (κ2) is 8.25. The maximum Gasteiger partial charge on any atom is 0.251 e. The third kappa shape index (κ3) is 5.34. The van der Waals surface area contributed by atoms with Crippen LogP contribution in [0.25, 0.3) is 0 Å². The van der Waals surface area contributed by atoms with E-state index in [4.69, 9.17) is 0 Å². The molecule has 0 aliphatic carbocycles. The van der Waals surface area contributed by atoms with E-state index >= 15 is 0 Å². The van der Waals surface area contributed by atoms with Gasteiger partial charge in [-0.25, -0.2) is 8.78 Å². The lowest BCUT2D eigenvalue weighted by Crippen LogP contribution is -2.49. The van der Waals surface area contributed by atoms with Crippen LogP contribution in [0, 0.1) is 5.92 Å². The third-order valence-electron chi connectivity index (χ3n) is 3.84. The van der Waals surface area contributed by atoms with Gasteiger partial charge < -0.3 is 10.2 Å². The van der Waals surface area contributed by atoms with E-state index in [1.54, 1.807) is 0 Å². The van der Waals surface area contributed by atoms with Gasteiger partial charge in [-0.15, -0.1) is 12.4 Å². The zero-order chi connectivity index (χ0) is 12.1. The third-order valence-corrected chi connectivity index (χ3v) is 3.84. The van der Waals surface area contributed by atoms with Gasteiger partial charge in [-0.3, -0.25) is 4.90 Å². The van der Waals surface area contributed by atoms with Crippen LogP contribution in [0.15, 0.2) is 0 Å². The lowest BCUT2D eigenvalue weighted by atomic mass is 9.97. The number of nitrogens with zero attached hydrogens (tertiary/aromatic N) is 2. The molecule has 0 amide bonds. The van der Waals surface area contributed by atoms with Crippen LogP contribution >= 0.6 is 12.4 Å². The van der Waals surface area contributed by atoms with E-state index in [0.29, 0.717) is 0 Å². The van der Waals surface area contributed by atoms with Crippen LogP contribution in [-0.4, -0.2) is 68.6 Å². The summed E-state index contributed by atoms with van der Waals surface area (Å²) in [5.74, 6) is 0.804. The molecular weight excluding hydrogens is 260 g/mol. The number of piperazine rings is 1. The molecular formula is C12H24ClF2N3. The van der Waals surface area contributed by atoms with E-state index in [1.807, 2.05) is 4.90 Å². The summed E-state index contributed by atoms with van der Waals surface area (Å²) in [6.45, 7) is 6.88. The predicted octanol–water partition coefficient (Wildman–Crippen LogP) is 1.29. The van der Waals surface area contributed by atoms with Crippen LogP contribution in [0.2, 0.25) is 0 Å². The summed E-state index contributed by atoms with van der Waals surface area (Å²) in [7, 11) is 0. The quantitative estimate of drug-likeness (QED) is 0.839. The molecule has 0 atom stereocenters. The van der Waals surface area contributed by atoms with Crippen molar-refractivity contribution in [3.8, 4) is 0 Å². The van der Waals surface area contributed by atoms with Crippen LogP contribution in [0.1, 0.15) is 12.8 Å². The van der Waals surface area contributed by atoms with Gasteiger partial charge in [0, 0.05) is 32.7 Å². The monoisotopic (exact) mass is 283 g/mol. The highest BCUT2D eigenvalue weighted by atomic mass is 35.5. The Hall–Kier alpha value is 0.0300. The summed E-state index contributed by atoms with van der Waals surface area (Å²) in [6.07, 6.45) is 0.333. The molecule has 0 unspecified atom stereocenters. The lowest BCUT2D eigenvalue weighted by molar-refractivity contribution is 0.0505. The van der Waals surface area contributed by atoms with E-state index in [9.17, 15) is 8.78 Å². The van der Waals surface area contributed by atoms with Crippen LogP contribution < -0.4 is 5.32 Å². The van der Waals surface area contributed by atoms with Crippen LogP contribution in [0.4, 0.5) is 8.78 Å². The van der Waals surface area contributed by atoms with Crippen molar-refractivity contribution in [1.82, 2.24) is 15.1 Å². The second-order valence-corrected chi connectivity index (χ2v) is 5.19. The molecule has 0 spiro atoms. The average molecular weight is 284 g/mol. The molecule has 2 aliphatic heterocycles. The Labute approximate surface area is 114 Å². The van der Waals surface area contributed by atoms with Crippen molar-refractivity contribution in [3.63, 3.8) is 0 Å². The van der Waals surface area contributed by atoms with Gasteiger partial charge >= 0.3 is 0 Å². The molecule has 2 heterocycles. The molecule has 18 heavy (non-hydrogen) atoms. The van der Waals surface area contributed by atoms with Gasteiger partial charge in [0.05, 0.1) is 6.54 Å². The molecule has 2 fully saturated rings. The number of hydrogen-bond acceptors (Lipinski definition) is 3. The van der Waals surface area contributed by atoms with E-state index in [2.05, 4.69) is 10.2 Å². The van der Waals surface area contributed by atoms with E-state index in [0.717, 1.165) is 51.7 Å².